The molecule has 0 fully saturated rings. The summed E-state index contributed by atoms with van der Waals surface area (Å²) in [6.45, 7) is -0.151. The van der Waals surface area contributed by atoms with Gasteiger partial charge in [0.2, 0.25) is 0 Å². The monoisotopic (exact) mass is 432 g/mol. The molecule has 0 radical (unpaired) electrons. The van der Waals surface area contributed by atoms with Crippen molar-refractivity contribution < 1.29 is 28.2 Å². The molecule has 0 aliphatic rings. The molecular formula is C21H18ClFN2O5. The van der Waals surface area contributed by atoms with Crippen molar-refractivity contribution in [1.82, 2.24) is 0 Å². The second-order valence-corrected chi connectivity index (χ2v) is 6.21. The summed E-state index contributed by atoms with van der Waals surface area (Å²) >= 11 is 6.15. The van der Waals surface area contributed by atoms with Crippen LogP contribution in [-0.4, -0.2) is 38.8 Å². The van der Waals surface area contributed by atoms with Crippen LogP contribution in [0.5, 0.6) is 5.75 Å². The lowest BCUT2D eigenvalue weighted by atomic mass is 10.1. The molecule has 7 nitrogen and oxygen atoms in total. The Morgan fingerprint density at radius 1 is 1.23 bits per heavy atom. The predicted molar refractivity (Wildman–Crippen MR) is 108 cm³/mol. The first-order valence-electron chi connectivity index (χ1n) is 8.69. The van der Waals surface area contributed by atoms with E-state index in [2.05, 4.69) is 5.32 Å². The SMILES string of the molecule is COCCOC(=O)/C(C#N)=C/c1ccc(OCC(=O)Nc2ccccc2F)c(Cl)c1. The van der Waals surface area contributed by atoms with Crippen LogP contribution in [0.2, 0.25) is 5.02 Å². The summed E-state index contributed by atoms with van der Waals surface area (Å²) < 4.78 is 28.6. The Balaban J connectivity index is 1.99. The second-order valence-electron chi connectivity index (χ2n) is 5.81. The molecule has 9 heteroatoms. The van der Waals surface area contributed by atoms with Crippen LogP contribution in [0.1, 0.15) is 5.56 Å². The molecule has 0 aliphatic carbocycles. The number of rotatable bonds is 9. The minimum absolute atomic E-state index is 0.0246. The summed E-state index contributed by atoms with van der Waals surface area (Å²) in [5.74, 6) is -1.70. The number of anilines is 1. The average molecular weight is 433 g/mol. The summed E-state index contributed by atoms with van der Waals surface area (Å²) in [5, 5.41) is 11.7. The van der Waals surface area contributed by atoms with Gasteiger partial charge in [-0.1, -0.05) is 29.8 Å². The van der Waals surface area contributed by atoms with E-state index in [0.717, 1.165) is 0 Å². The van der Waals surface area contributed by atoms with E-state index in [0.29, 0.717) is 5.56 Å². The number of nitrogens with zero attached hydrogens (tertiary/aromatic N) is 1. The highest BCUT2D eigenvalue weighted by Gasteiger charge is 2.12. The van der Waals surface area contributed by atoms with E-state index in [-0.39, 0.29) is 35.2 Å². The van der Waals surface area contributed by atoms with Crippen molar-refractivity contribution in [2.75, 3.05) is 32.2 Å². The van der Waals surface area contributed by atoms with Gasteiger partial charge in [-0.05, 0) is 35.9 Å². The standard InChI is InChI=1S/C21H18ClFN2O5/c1-28-8-9-29-21(27)15(12-24)10-14-6-7-19(16(22)11-14)30-13-20(26)25-18-5-3-2-4-17(18)23/h2-7,10-11H,8-9,13H2,1H3,(H,25,26)/b15-10+. The maximum absolute atomic E-state index is 13.6. The van der Waals surface area contributed by atoms with Crippen molar-refractivity contribution >= 4 is 35.2 Å². The molecule has 156 valence electrons. The van der Waals surface area contributed by atoms with E-state index >= 15 is 0 Å². The van der Waals surface area contributed by atoms with Gasteiger partial charge in [-0.15, -0.1) is 0 Å². The van der Waals surface area contributed by atoms with Crippen molar-refractivity contribution in [3.63, 3.8) is 0 Å². The maximum atomic E-state index is 13.6. The van der Waals surface area contributed by atoms with Gasteiger partial charge < -0.3 is 19.5 Å². The third-order valence-electron chi connectivity index (χ3n) is 3.63. The molecule has 0 atom stereocenters. The minimum atomic E-state index is -0.782. The van der Waals surface area contributed by atoms with Gasteiger partial charge in [0.15, 0.2) is 6.61 Å². The molecular weight excluding hydrogens is 415 g/mol. The van der Waals surface area contributed by atoms with Gasteiger partial charge in [-0.2, -0.15) is 5.26 Å². The van der Waals surface area contributed by atoms with Crippen LogP contribution in [0, 0.1) is 17.1 Å². The van der Waals surface area contributed by atoms with Crippen LogP contribution in [0.15, 0.2) is 48.0 Å². The molecule has 0 aliphatic heterocycles. The van der Waals surface area contributed by atoms with Crippen LogP contribution < -0.4 is 10.1 Å². The predicted octanol–water partition coefficient (Wildman–Crippen LogP) is 3.59. The molecule has 2 rings (SSSR count). The first-order valence-corrected chi connectivity index (χ1v) is 9.07. The van der Waals surface area contributed by atoms with E-state index < -0.39 is 24.3 Å². The van der Waals surface area contributed by atoms with Crippen LogP contribution in [0.4, 0.5) is 10.1 Å². The van der Waals surface area contributed by atoms with E-state index in [1.54, 1.807) is 18.2 Å². The number of amides is 1. The average Bonchev–Trinajstić information content (AvgIpc) is 2.73. The Morgan fingerprint density at radius 3 is 2.67 bits per heavy atom. The molecule has 0 unspecified atom stereocenters. The molecule has 2 aromatic rings. The van der Waals surface area contributed by atoms with Crippen molar-refractivity contribution in [3.8, 4) is 11.8 Å². The topological polar surface area (TPSA) is 97.7 Å². The molecule has 1 N–H and O–H groups in total. The number of para-hydroxylation sites is 1. The van der Waals surface area contributed by atoms with Crippen molar-refractivity contribution in [2.24, 2.45) is 0 Å². The van der Waals surface area contributed by atoms with Gasteiger partial charge >= 0.3 is 5.97 Å². The zero-order valence-electron chi connectivity index (χ0n) is 16.0. The molecule has 0 bridgehead atoms. The van der Waals surface area contributed by atoms with Crippen molar-refractivity contribution in [2.45, 2.75) is 0 Å². The molecule has 0 saturated carbocycles. The van der Waals surface area contributed by atoms with Gasteiger partial charge in [0.05, 0.1) is 17.3 Å². The summed E-state index contributed by atoms with van der Waals surface area (Å²) in [6.07, 6.45) is 1.32. The summed E-state index contributed by atoms with van der Waals surface area (Å²) in [5.41, 5.74) is 0.294. The van der Waals surface area contributed by atoms with Gasteiger partial charge in [0.1, 0.15) is 29.8 Å². The quantitative estimate of drug-likeness (QED) is 0.281. The van der Waals surface area contributed by atoms with E-state index in [1.165, 1.54) is 43.5 Å². The van der Waals surface area contributed by atoms with Crippen LogP contribution >= 0.6 is 11.6 Å². The lowest BCUT2D eigenvalue weighted by molar-refractivity contribution is -0.139. The highest BCUT2D eigenvalue weighted by Crippen LogP contribution is 2.26. The lowest BCUT2D eigenvalue weighted by Crippen LogP contribution is -2.20. The van der Waals surface area contributed by atoms with E-state index in [4.69, 9.17) is 31.1 Å². The summed E-state index contributed by atoms with van der Waals surface area (Å²) in [4.78, 5) is 23.8. The Morgan fingerprint density at radius 2 is 2.00 bits per heavy atom. The first kappa shape index (κ1) is 22.9. The Hall–Kier alpha value is -3.41. The minimum Gasteiger partial charge on any atom is -0.482 e. The Labute approximate surface area is 177 Å². The number of benzene rings is 2. The van der Waals surface area contributed by atoms with Gasteiger partial charge in [-0.25, -0.2) is 9.18 Å². The van der Waals surface area contributed by atoms with Crippen molar-refractivity contribution in [3.05, 3.63) is 64.4 Å². The number of nitrogens with one attached hydrogen (secondary N) is 1. The smallest absolute Gasteiger partial charge is 0.348 e. The van der Waals surface area contributed by atoms with E-state index in [1.807, 2.05) is 0 Å². The fraction of sp³-hybridized carbons (Fsp3) is 0.190. The zero-order chi connectivity index (χ0) is 21.9. The first-order chi connectivity index (χ1) is 14.4. The number of esters is 1. The maximum Gasteiger partial charge on any atom is 0.348 e. The number of methoxy groups -OCH3 is 1. The zero-order valence-corrected chi connectivity index (χ0v) is 16.7. The fourth-order valence-corrected chi connectivity index (χ4v) is 2.46. The number of ether oxygens (including phenoxy) is 3. The number of halogens is 2. The number of carbonyl (C=O) groups excluding carboxylic acids is 2. The molecule has 30 heavy (non-hydrogen) atoms. The van der Waals surface area contributed by atoms with Gasteiger partial charge in [0.25, 0.3) is 5.91 Å². The highest BCUT2D eigenvalue weighted by atomic mass is 35.5. The molecule has 0 aromatic heterocycles. The Kier molecular flexibility index (Phi) is 8.81. The third-order valence-corrected chi connectivity index (χ3v) is 3.93. The largest absolute Gasteiger partial charge is 0.482 e. The number of nitriles is 1. The van der Waals surface area contributed by atoms with Crippen LogP contribution in [-0.2, 0) is 19.1 Å². The molecule has 0 saturated heterocycles. The summed E-state index contributed by atoms with van der Waals surface area (Å²) in [6, 6.07) is 12.0. The summed E-state index contributed by atoms with van der Waals surface area (Å²) in [7, 11) is 1.46. The highest BCUT2D eigenvalue weighted by molar-refractivity contribution is 6.32. The molecule has 0 spiro atoms. The van der Waals surface area contributed by atoms with Gasteiger partial charge in [-0.3, -0.25) is 4.79 Å². The normalized spacial score (nSPS) is 10.8. The molecule has 1 amide bonds. The van der Waals surface area contributed by atoms with Gasteiger partial charge in [0, 0.05) is 7.11 Å². The molecule has 2 aromatic carbocycles. The third kappa shape index (κ3) is 6.88. The Bertz CT molecular complexity index is 988. The number of hydrogen-bond acceptors (Lipinski definition) is 6. The molecule has 0 heterocycles. The number of carbonyl (C=O) groups is 2. The van der Waals surface area contributed by atoms with Crippen molar-refractivity contribution in [1.29, 1.82) is 5.26 Å². The van der Waals surface area contributed by atoms with Crippen LogP contribution in [0.3, 0.4) is 0 Å². The number of hydrogen-bond donors (Lipinski definition) is 1. The lowest BCUT2D eigenvalue weighted by Gasteiger charge is -2.10. The van der Waals surface area contributed by atoms with Crippen LogP contribution in [0.25, 0.3) is 6.08 Å². The second kappa shape index (κ2) is 11.6. The fourth-order valence-electron chi connectivity index (χ4n) is 2.22. The van der Waals surface area contributed by atoms with E-state index in [9.17, 15) is 14.0 Å².